The van der Waals surface area contributed by atoms with Crippen LogP contribution in [0, 0.1) is 0 Å². The van der Waals surface area contributed by atoms with E-state index in [4.69, 9.17) is 11.6 Å². The van der Waals surface area contributed by atoms with Crippen molar-refractivity contribution < 1.29 is 13.2 Å². The van der Waals surface area contributed by atoms with E-state index in [1.54, 1.807) is 12.1 Å². The largest absolute Gasteiger partial charge is 0.290 e. The molecule has 1 aromatic rings. The summed E-state index contributed by atoms with van der Waals surface area (Å²) in [4.78, 5) is 12.0. The second kappa shape index (κ2) is 5.54. The highest BCUT2D eigenvalue weighted by Crippen LogP contribution is 2.35. The van der Waals surface area contributed by atoms with Crippen LogP contribution in [0.1, 0.15) is 17.3 Å². The Hall–Kier alpha value is 0.340. The molecule has 1 rings (SSSR count). The second-order valence-electron chi connectivity index (χ2n) is 3.26. The first kappa shape index (κ1) is 15.4. The average Bonchev–Trinajstić information content (AvgIpc) is 2.28. The predicted molar refractivity (Wildman–Crippen MR) is 80.5 cm³/mol. The summed E-state index contributed by atoms with van der Waals surface area (Å²) >= 11 is 10.6. The lowest BCUT2D eigenvalue weighted by atomic mass is 10.1. The van der Waals surface area contributed by atoms with Gasteiger partial charge in [0, 0.05) is 10.0 Å². The SMILES string of the molecule is CCS(=O)(=O)[C@@](Cl)(I)C(=O)c1ccc(Br)cc1. The molecule has 0 unspecified atom stereocenters. The zero-order valence-electron chi connectivity index (χ0n) is 8.78. The van der Waals surface area contributed by atoms with Crippen LogP contribution in [0.4, 0.5) is 0 Å². The van der Waals surface area contributed by atoms with Crippen LogP contribution in [0.5, 0.6) is 0 Å². The molecule has 0 aliphatic carbocycles. The van der Waals surface area contributed by atoms with Gasteiger partial charge in [-0.05, 0) is 34.7 Å². The van der Waals surface area contributed by atoms with Crippen LogP contribution in [0.15, 0.2) is 28.7 Å². The van der Waals surface area contributed by atoms with Gasteiger partial charge >= 0.3 is 0 Å². The molecule has 1 atom stereocenters. The summed E-state index contributed by atoms with van der Waals surface area (Å²) in [6.45, 7) is 1.46. The Bertz CT molecular complexity index is 525. The summed E-state index contributed by atoms with van der Waals surface area (Å²) in [5.41, 5.74) is 0.273. The van der Waals surface area contributed by atoms with Crippen LogP contribution in [0.3, 0.4) is 0 Å². The van der Waals surface area contributed by atoms with Gasteiger partial charge in [0.2, 0.25) is 5.78 Å². The fourth-order valence-electron chi connectivity index (χ4n) is 1.09. The van der Waals surface area contributed by atoms with Gasteiger partial charge in [0.25, 0.3) is 2.21 Å². The van der Waals surface area contributed by atoms with E-state index in [2.05, 4.69) is 15.9 Å². The Morgan fingerprint density at radius 1 is 1.41 bits per heavy atom. The number of carbonyl (C=O) groups is 1. The van der Waals surface area contributed by atoms with Gasteiger partial charge in [0.1, 0.15) is 0 Å². The molecule has 3 nitrogen and oxygen atoms in total. The van der Waals surface area contributed by atoms with Crippen LogP contribution in [-0.2, 0) is 9.84 Å². The molecule has 7 heteroatoms. The lowest BCUT2D eigenvalue weighted by molar-refractivity contribution is 0.100. The van der Waals surface area contributed by atoms with E-state index in [-0.39, 0.29) is 11.3 Å². The van der Waals surface area contributed by atoms with Gasteiger partial charge in [0.05, 0.1) is 5.75 Å². The Labute approximate surface area is 127 Å². The van der Waals surface area contributed by atoms with Crippen molar-refractivity contribution in [1.29, 1.82) is 0 Å². The van der Waals surface area contributed by atoms with Gasteiger partial charge in [-0.15, -0.1) is 0 Å². The molecular formula is C10H9BrClIO3S. The second-order valence-corrected chi connectivity index (χ2v) is 10.4. The van der Waals surface area contributed by atoms with Gasteiger partial charge in [-0.25, -0.2) is 8.42 Å². The van der Waals surface area contributed by atoms with Gasteiger partial charge in [0.15, 0.2) is 9.84 Å². The minimum absolute atomic E-state index is 0.179. The highest BCUT2D eigenvalue weighted by Gasteiger charge is 2.45. The molecule has 0 heterocycles. The van der Waals surface area contributed by atoms with Crippen molar-refractivity contribution in [3.05, 3.63) is 34.3 Å². The Kier molecular flexibility index (Phi) is 5.02. The van der Waals surface area contributed by atoms with Gasteiger partial charge in [-0.2, -0.15) is 0 Å². The third-order valence-corrected chi connectivity index (χ3v) is 7.78. The first-order chi connectivity index (χ1) is 7.72. The van der Waals surface area contributed by atoms with Crippen LogP contribution >= 0.6 is 50.1 Å². The topological polar surface area (TPSA) is 51.2 Å². The number of Topliss-reactive ketones (excluding diaryl/α,β-unsaturated/α-hetero) is 1. The number of rotatable bonds is 4. The molecular weight excluding hydrogens is 442 g/mol. The third kappa shape index (κ3) is 3.21. The van der Waals surface area contributed by atoms with Gasteiger partial charge in [-0.3, -0.25) is 4.79 Å². The number of carbonyl (C=O) groups excluding carboxylic acids is 1. The number of hydrogen-bond donors (Lipinski definition) is 0. The molecule has 0 fully saturated rings. The summed E-state index contributed by atoms with van der Waals surface area (Å²) in [5, 5.41) is 0. The molecule has 0 amide bonds. The van der Waals surface area contributed by atoms with Crippen molar-refractivity contribution in [3.8, 4) is 0 Å². The highest BCUT2D eigenvalue weighted by atomic mass is 127. The number of ketones is 1. The number of halogens is 3. The van der Waals surface area contributed by atoms with Crippen molar-refractivity contribution >= 4 is 65.7 Å². The Morgan fingerprint density at radius 2 is 1.88 bits per heavy atom. The van der Waals surface area contributed by atoms with Crippen molar-refractivity contribution in [3.63, 3.8) is 0 Å². The molecule has 94 valence electrons. The van der Waals surface area contributed by atoms with Crippen molar-refractivity contribution in [2.45, 2.75) is 9.14 Å². The normalized spacial score (nSPS) is 15.3. The fourth-order valence-corrected chi connectivity index (χ4v) is 3.80. The number of hydrogen-bond acceptors (Lipinski definition) is 3. The van der Waals surface area contributed by atoms with Crippen molar-refractivity contribution in [1.82, 2.24) is 0 Å². The van der Waals surface area contributed by atoms with E-state index in [0.717, 1.165) is 4.47 Å². The summed E-state index contributed by atoms with van der Waals surface area (Å²) in [7, 11) is -3.66. The van der Waals surface area contributed by atoms with Gasteiger partial charge in [-0.1, -0.05) is 46.6 Å². The molecule has 0 saturated heterocycles. The molecule has 0 saturated carbocycles. The number of sulfone groups is 1. The smallest absolute Gasteiger partial charge is 0.257 e. The minimum Gasteiger partial charge on any atom is -0.290 e. The molecule has 0 aromatic heterocycles. The maximum Gasteiger partial charge on any atom is 0.257 e. The standard InChI is InChI=1S/C10H9BrClIO3S/c1-2-17(15,16)10(12,13)9(14)7-3-5-8(11)6-4-7/h3-6H,2H2,1H3/t10-/m0/s1. The van der Waals surface area contributed by atoms with E-state index in [9.17, 15) is 13.2 Å². The Morgan fingerprint density at radius 3 is 2.29 bits per heavy atom. The fraction of sp³-hybridized carbons (Fsp3) is 0.300. The maximum absolute atomic E-state index is 12.0. The molecule has 0 bridgehead atoms. The molecule has 0 N–H and O–H groups in total. The lowest BCUT2D eigenvalue weighted by Crippen LogP contribution is -2.36. The zero-order valence-corrected chi connectivity index (χ0v) is 14.1. The van der Waals surface area contributed by atoms with E-state index < -0.39 is 17.8 Å². The lowest BCUT2D eigenvalue weighted by Gasteiger charge is -2.18. The molecule has 0 radical (unpaired) electrons. The quantitative estimate of drug-likeness (QED) is 0.401. The van der Waals surface area contributed by atoms with Crippen LogP contribution in [0.2, 0.25) is 0 Å². The van der Waals surface area contributed by atoms with E-state index in [1.165, 1.54) is 41.6 Å². The predicted octanol–water partition coefficient (Wildman–Crippen LogP) is 3.39. The van der Waals surface area contributed by atoms with E-state index >= 15 is 0 Å². The summed E-state index contributed by atoms with van der Waals surface area (Å²) < 4.78 is 22.3. The first-order valence-corrected chi connectivity index (χ1v) is 8.53. The van der Waals surface area contributed by atoms with Crippen LogP contribution < -0.4 is 0 Å². The molecule has 0 aliphatic heterocycles. The van der Waals surface area contributed by atoms with Crippen LogP contribution in [-0.4, -0.2) is 22.2 Å². The van der Waals surface area contributed by atoms with Crippen molar-refractivity contribution in [2.24, 2.45) is 0 Å². The van der Waals surface area contributed by atoms with E-state index in [0.29, 0.717) is 0 Å². The van der Waals surface area contributed by atoms with E-state index in [1.807, 2.05) is 0 Å². The molecule has 17 heavy (non-hydrogen) atoms. The first-order valence-electron chi connectivity index (χ1n) is 4.63. The number of alkyl halides is 2. The number of benzene rings is 1. The highest BCUT2D eigenvalue weighted by molar-refractivity contribution is 14.1. The Balaban J connectivity index is 3.18. The third-order valence-electron chi connectivity index (χ3n) is 2.14. The van der Waals surface area contributed by atoms with Gasteiger partial charge < -0.3 is 0 Å². The minimum atomic E-state index is -3.66. The zero-order chi connectivity index (χ0) is 13.3. The monoisotopic (exact) mass is 450 g/mol. The molecule has 0 spiro atoms. The average molecular weight is 452 g/mol. The maximum atomic E-state index is 12.0. The van der Waals surface area contributed by atoms with Crippen molar-refractivity contribution in [2.75, 3.05) is 5.75 Å². The molecule has 1 aromatic carbocycles. The summed E-state index contributed by atoms with van der Waals surface area (Å²) in [6.07, 6.45) is 0. The summed E-state index contributed by atoms with van der Waals surface area (Å²) in [5.74, 6) is -0.795. The molecule has 0 aliphatic rings. The summed E-state index contributed by atoms with van der Waals surface area (Å²) in [6, 6.07) is 6.39. The van der Waals surface area contributed by atoms with Crippen LogP contribution in [0.25, 0.3) is 0 Å².